The van der Waals surface area contributed by atoms with Gasteiger partial charge >= 0.3 is 0 Å². The lowest BCUT2D eigenvalue weighted by atomic mass is 10.1. The van der Waals surface area contributed by atoms with Crippen molar-refractivity contribution in [2.45, 2.75) is 19.9 Å². The van der Waals surface area contributed by atoms with Gasteiger partial charge in [-0.3, -0.25) is 0 Å². The zero-order chi connectivity index (χ0) is 12.1. The van der Waals surface area contributed by atoms with Gasteiger partial charge < -0.3 is 10.6 Å². The maximum atomic E-state index is 5.96. The van der Waals surface area contributed by atoms with Gasteiger partial charge in [-0.25, -0.2) is 0 Å². The lowest BCUT2D eigenvalue weighted by Gasteiger charge is -2.21. The van der Waals surface area contributed by atoms with Gasteiger partial charge in [0.05, 0.1) is 0 Å². The monoisotopic (exact) mass is 248 g/mol. The number of benzene rings is 1. The summed E-state index contributed by atoms with van der Waals surface area (Å²) in [5.41, 5.74) is 9.68. The number of aromatic nitrogens is 2. The molecular weight excluding hydrogens is 232 g/mol. The molecule has 17 heavy (non-hydrogen) atoms. The number of para-hydroxylation sites is 1. The van der Waals surface area contributed by atoms with Crippen molar-refractivity contribution in [3.63, 3.8) is 0 Å². The highest BCUT2D eigenvalue weighted by Gasteiger charge is 2.10. The molecule has 0 atom stereocenters. The van der Waals surface area contributed by atoms with Crippen molar-refractivity contribution in [3.8, 4) is 0 Å². The second kappa shape index (κ2) is 5.63. The molecule has 0 fully saturated rings. The Balaban J connectivity index is 2.16. The second-order valence-electron chi connectivity index (χ2n) is 3.84. The van der Waals surface area contributed by atoms with Crippen LogP contribution in [0.5, 0.6) is 0 Å². The van der Waals surface area contributed by atoms with E-state index in [0.717, 1.165) is 35.9 Å². The lowest BCUT2D eigenvalue weighted by molar-refractivity contribution is 0.758. The molecule has 0 radical (unpaired) electrons. The molecule has 0 saturated heterocycles. The molecule has 1 aromatic carbocycles. The summed E-state index contributed by atoms with van der Waals surface area (Å²) in [6, 6.07) is 7.95. The molecule has 1 heterocycles. The van der Waals surface area contributed by atoms with Crippen LogP contribution in [-0.2, 0) is 6.54 Å². The highest BCUT2D eigenvalue weighted by atomic mass is 32.1. The number of anilines is 2. The van der Waals surface area contributed by atoms with E-state index in [9.17, 15) is 0 Å². The lowest BCUT2D eigenvalue weighted by Crippen LogP contribution is -2.23. The van der Waals surface area contributed by atoms with E-state index in [4.69, 9.17) is 5.73 Å². The summed E-state index contributed by atoms with van der Waals surface area (Å²) in [5.74, 6) is 0. The number of rotatable bonds is 5. The smallest absolute Gasteiger partial charge is 0.208 e. The zero-order valence-electron chi connectivity index (χ0n) is 9.84. The molecule has 0 aliphatic heterocycles. The SMILES string of the molecule is CCCN(Cc1ccccc1N)c1nncs1. The Morgan fingerprint density at radius 3 is 2.82 bits per heavy atom. The van der Waals surface area contributed by atoms with E-state index in [0.29, 0.717) is 0 Å². The highest BCUT2D eigenvalue weighted by molar-refractivity contribution is 7.13. The summed E-state index contributed by atoms with van der Waals surface area (Å²) in [4.78, 5) is 2.21. The minimum Gasteiger partial charge on any atom is -0.398 e. The quantitative estimate of drug-likeness (QED) is 0.826. The summed E-state index contributed by atoms with van der Waals surface area (Å²) in [6.07, 6.45) is 1.08. The van der Waals surface area contributed by atoms with Crippen LogP contribution in [-0.4, -0.2) is 16.7 Å². The minimum absolute atomic E-state index is 0.787. The Morgan fingerprint density at radius 1 is 1.35 bits per heavy atom. The van der Waals surface area contributed by atoms with Crippen molar-refractivity contribution in [1.82, 2.24) is 10.2 Å². The fourth-order valence-corrected chi connectivity index (χ4v) is 2.29. The molecule has 2 aromatic rings. The molecule has 0 unspecified atom stereocenters. The first kappa shape index (κ1) is 11.9. The van der Waals surface area contributed by atoms with E-state index in [1.807, 2.05) is 18.2 Å². The fourth-order valence-electron chi connectivity index (χ4n) is 1.70. The topological polar surface area (TPSA) is 55.0 Å². The molecule has 2 rings (SSSR count). The minimum atomic E-state index is 0.787. The third kappa shape index (κ3) is 2.94. The van der Waals surface area contributed by atoms with E-state index in [1.54, 1.807) is 16.8 Å². The molecule has 90 valence electrons. The maximum absolute atomic E-state index is 5.96. The van der Waals surface area contributed by atoms with Gasteiger partial charge in [0.15, 0.2) is 0 Å². The number of nitrogens with zero attached hydrogens (tertiary/aromatic N) is 3. The average molecular weight is 248 g/mol. The predicted molar refractivity (Wildman–Crippen MR) is 72.1 cm³/mol. The van der Waals surface area contributed by atoms with Crippen LogP contribution in [0.1, 0.15) is 18.9 Å². The Hall–Kier alpha value is -1.62. The Kier molecular flexibility index (Phi) is 3.93. The zero-order valence-corrected chi connectivity index (χ0v) is 10.7. The van der Waals surface area contributed by atoms with Crippen LogP contribution >= 0.6 is 11.3 Å². The van der Waals surface area contributed by atoms with Gasteiger partial charge in [0, 0.05) is 18.8 Å². The molecule has 0 amide bonds. The van der Waals surface area contributed by atoms with E-state index >= 15 is 0 Å². The van der Waals surface area contributed by atoms with E-state index in [1.165, 1.54) is 0 Å². The van der Waals surface area contributed by atoms with Gasteiger partial charge in [0.1, 0.15) is 5.51 Å². The van der Waals surface area contributed by atoms with Crippen molar-refractivity contribution in [1.29, 1.82) is 0 Å². The molecular formula is C12H16N4S. The van der Waals surface area contributed by atoms with Gasteiger partial charge in [-0.1, -0.05) is 36.5 Å². The molecule has 2 N–H and O–H groups in total. The first-order valence-electron chi connectivity index (χ1n) is 5.65. The summed E-state index contributed by atoms with van der Waals surface area (Å²) in [5, 5.41) is 8.95. The number of hydrogen-bond acceptors (Lipinski definition) is 5. The van der Waals surface area contributed by atoms with Crippen LogP contribution in [0.3, 0.4) is 0 Å². The van der Waals surface area contributed by atoms with Crippen LogP contribution < -0.4 is 10.6 Å². The normalized spacial score (nSPS) is 10.4. The van der Waals surface area contributed by atoms with Gasteiger partial charge in [-0.15, -0.1) is 10.2 Å². The molecule has 4 nitrogen and oxygen atoms in total. The van der Waals surface area contributed by atoms with Gasteiger partial charge in [0.25, 0.3) is 0 Å². The van der Waals surface area contributed by atoms with Crippen molar-refractivity contribution in [2.24, 2.45) is 0 Å². The van der Waals surface area contributed by atoms with Gasteiger partial charge in [0.2, 0.25) is 5.13 Å². The Morgan fingerprint density at radius 2 is 2.18 bits per heavy atom. The van der Waals surface area contributed by atoms with Crippen LogP contribution in [0, 0.1) is 0 Å². The van der Waals surface area contributed by atoms with E-state index in [-0.39, 0.29) is 0 Å². The summed E-state index contributed by atoms with van der Waals surface area (Å²) in [6.45, 7) is 3.90. The van der Waals surface area contributed by atoms with Crippen LogP contribution in [0.2, 0.25) is 0 Å². The molecule has 0 spiro atoms. The number of hydrogen-bond donors (Lipinski definition) is 1. The molecule has 0 aliphatic rings. The Bertz CT molecular complexity index is 455. The summed E-state index contributed by atoms with van der Waals surface area (Å²) < 4.78 is 0. The largest absolute Gasteiger partial charge is 0.398 e. The first-order chi connectivity index (χ1) is 8.31. The average Bonchev–Trinajstić information content (AvgIpc) is 2.85. The van der Waals surface area contributed by atoms with Gasteiger partial charge in [-0.05, 0) is 18.1 Å². The summed E-state index contributed by atoms with van der Waals surface area (Å²) >= 11 is 1.56. The third-order valence-corrected chi connectivity index (χ3v) is 3.28. The second-order valence-corrected chi connectivity index (χ2v) is 4.65. The van der Waals surface area contributed by atoms with Crippen LogP contribution in [0.15, 0.2) is 29.8 Å². The maximum Gasteiger partial charge on any atom is 0.208 e. The van der Waals surface area contributed by atoms with Crippen molar-refractivity contribution in [2.75, 3.05) is 17.2 Å². The van der Waals surface area contributed by atoms with E-state index < -0.39 is 0 Å². The standard InChI is InChI=1S/C12H16N4S/c1-2-7-16(12-15-14-9-17-12)8-10-5-3-4-6-11(10)13/h3-6,9H,2,7-8,13H2,1H3. The van der Waals surface area contributed by atoms with E-state index in [2.05, 4.69) is 28.1 Å². The van der Waals surface area contributed by atoms with Crippen molar-refractivity contribution in [3.05, 3.63) is 35.3 Å². The predicted octanol–water partition coefficient (Wildman–Crippen LogP) is 2.54. The molecule has 1 aromatic heterocycles. The first-order valence-corrected chi connectivity index (χ1v) is 6.53. The summed E-state index contributed by atoms with van der Waals surface area (Å²) in [7, 11) is 0. The molecule has 5 heteroatoms. The Labute approximate surface area is 105 Å². The number of nitrogen functional groups attached to an aromatic ring is 1. The van der Waals surface area contributed by atoms with Crippen molar-refractivity contribution < 1.29 is 0 Å². The number of nitrogens with two attached hydrogens (primary N) is 1. The van der Waals surface area contributed by atoms with Crippen molar-refractivity contribution >= 4 is 22.2 Å². The molecule has 0 aliphatic carbocycles. The van der Waals surface area contributed by atoms with Crippen LogP contribution in [0.25, 0.3) is 0 Å². The fraction of sp³-hybridized carbons (Fsp3) is 0.333. The van der Waals surface area contributed by atoms with Gasteiger partial charge in [-0.2, -0.15) is 0 Å². The molecule has 0 bridgehead atoms. The third-order valence-electron chi connectivity index (χ3n) is 2.53. The van der Waals surface area contributed by atoms with Crippen LogP contribution in [0.4, 0.5) is 10.8 Å². The highest BCUT2D eigenvalue weighted by Crippen LogP contribution is 2.21. The molecule has 0 saturated carbocycles.